The molecule has 114 valence electrons. The van der Waals surface area contributed by atoms with E-state index in [0.29, 0.717) is 0 Å². The molecule has 21 heavy (non-hydrogen) atoms. The number of nitrogens with zero attached hydrogens (tertiary/aromatic N) is 4. The van der Waals surface area contributed by atoms with Gasteiger partial charge in [-0.15, -0.1) is 11.3 Å². The molecule has 2 heterocycles. The Labute approximate surface area is 131 Å². The SMILES string of the molecule is CN(C)Cc1csc(CN(Cc2cnn(C)c2)C2CC2)c1. The molecule has 0 spiro atoms. The van der Waals surface area contributed by atoms with Crippen LogP contribution in [0.3, 0.4) is 0 Å². The Morgan fingerprint density at radius 3 is 2.67 bits per heavy atom. The maximum atomic E-state index is 4.28. The first-order chi connectivity index (χ1) is 10.1. The topological polar surface area (TPSA) is 24.3 Å². The maximum absolute atomic E-state index is 4.28. The lowest BCUT2D eigenvalue weighted by atomic mass is 10.2. The Morgan fingerprint density at radius 2 is 2.05 bits per heavy atom. The number of hydrogen-bond acceptors (Lipinski definition) is 4. The molecule has 0 radical (unpaired) electrons. The van der Waals surface area contributed by atoms with Gasteiger partial charge in [-0.2, -0.15) is 5.10 Å². The molecule has 0 amide bonds. The number of hydrogen-bond donors (Lipinski definition) is 0. The van der Waals surface area contributed by atoms with E-state index in [-0.39, 0.29) is 0 Å². The molecule has 3 rings (SSSR count). The van der Waals surface area contributed by atoms with E-state index in [1.165, 1.54) is 28.8 Å². The van der Waals surface area contributed by atoms with Crippen molar-refractivity contribution in [1.82, 2.24) is 19.6 Å². The van der Waals surface area contributed by atoms with Crippen LogP contribution in [-0.4, -0.2) is 39.7 Å². The lowest BCUT2D eigenvalue weighted by Crippen LogP contribution is -2.24. The van der Waals surface area contributed by atoms with E-state index < -0.39 is 0 Å². The second-order valence-electron chi connectivity index (χ2n) is 6.32. The van der Waals surface area contributed by atoms with Gasteiger partial charge in [0.25, 0.3) is 0 Å². The third kappa shape index (κ3) is 4.15. The summed E-state index contributed by atoms with van der Waals surface area (Å²) in [5.41, 5.74) is 2.74. The van der Waals surface area contributed by atoms with Crippen LogP contribution in [0, 0.1) is 0 Å². The summed E-state index contributed by atoms with van der Waals surface area (Å²) in [7, 11) is 6.23. The summed E-state index contributed by atoms with van der Waals surface area (Å²) in [5.74, 6) is 0. The molecule has 1 aliphatic rings. The van der Waals surface area contributed by atoms with Gasteiger partial charge in [-0.25, -0.2) is 0 Å². The molecule has 0 N–H and O–H groups in total. The molecule has 1 aliphatic carbocycles. The van der Waals surface area contributed by atoms with Crippen molar-refractivity contribution < 1.29 is 0 Å². The zero-order valence-electron chi connectivity index (χ0n) is 13.1. The van der Waals surface area contributed by atoms with Crippen LogP contribution in [0.25, 0.3) is 0 Å². The molecule has 4 nitrogen and oxygen atoms in total. The fourth-order valence-electron chi connectivity index (χ4n) is 2.70. The highest BCUT2D eigenvalue weighted by molar-refractivity contribution is 7.10. The van der Waals surface area contributed by atoms with Crippen molar-refractivity contribution in [3.05, 3.63) is 39.8 Å². The minimum absolute atomic E-state index is 0.768. The standard InChI is InChI=1S/C16H24N4S/c1-18(2)8-13-6-16(21-12-13)11-20(15-4-5-15)10-14-7-17-19(3)9-14/h6-7,9,12,15H,4-5,8,10-11H2,1-3H3. The van der Waals surface area contributed by atoms with Crippen LogP contribution < -0.4 is 0 Å². The van der Waals surface area contributed by atoms with Crippen molar-refractivity contribution in [3.63, 3.8) is 0 Å². The monoisotopic (exact) mass is 304 g/mol. The summed E-state index contributed by atoms with van der Waals surface area (Å²) < 4.78 is 1.89. The molecular weight excluding hydrogens is 280 g/mol. The average Bonchev–Trinajstić information content (AvgIpc) is 3.06. The van der Waals surface area contributed by atoms with Gasteiger partial charge in [0, 0.05) is 49.4 Å². The number of aromatic nitrogens is 2. The molecule has 2 aromatic heterocycles. The highest BCUT2D eigenvalue weighted by Gasteiger charge is 2.29. The predicted octanol–water partition coefficient (Wildman–Crippen LogP) is 2.71. The normalized spacial score (nSPS) is 15.3. The van der Waals surface area contributed by atoms with E-state index in [0.717, 1.165) is 25.7 Å². The molecule has 0 aromatic carbocycles. The van der Waals surface area contributed by atoms with Crippen molar-refractivity contribution in [2.24, 2.45) is 7.05 Å². The highest BCUT2D eigenvalue weighted by Crippen LogP contribution is 2.31. The zero-order valence-corrected chi connectivity index (χ0v) is 13.9. The van der Waals surface area contributed by atoms with Gasteiger partial charge in [-0.3, -0.25) is 9.58 Å². The molecular formula is C16H24N4S. The third-order valence-corrected chi connectivity index (χ3v) is 4.74. The Bertz CT molecular complexity index is 583. The first-order valence-corrected chi connectivity index (χ1v) is 8.40. The van der Waals surface area contributed by atoms with E-state index in [1.54, 1.807) is 0 Å². The van der Waals surface area contributed by atoms with Crippen LogP contribution in [0.15, 0.2) is 23.8 Å². The van der Waals surface area contributed by atoms with Crippen LogP contribution in [0.5, 0.6) is 0 Å². The fraction of sp³-hybridized carbons (Fsp3) is 0.562. The summed E-state index contributed by atoms with van der Waals surface area (Å²) in [6.07, 6.45) is 6.80. The van der Waals surface area contributed by atoms with Crippen molar-refractivity contribution in [2.75, 3.05) is 14.1 Å². The molecule has 0 aliphatic heterocycles. The molecule has 0 atom stereocenters. The van der Waals surface area contributed by atoms with Crippen molar-refractivity contribution >= 4 is 11.3 Å². The molecule has 5 heteroatoms. The van der Waals surface area contributed by atoms with Crippen LogP contribution in [0.4, 0.5) is 0 Å². The van der Waals surface area contributed by atoms with E-state index in [2.05, 4.69) is 46.6 Å². The van der Waals surface area contributed by atoms with Gasteiger partial charge in [-0.05, 0) is 43.9 Å². The first-order valence-electron chi connectivity index (χ1n) is 7.53. The second-order valence-corrected chi connectivity index (χ2v) is 7.31. The second kappa shape index (κ2) is 6.30. The Morgan fingerprint density at radius 1 is 1.24 bits per heavy atom. The predicted molar refractivity (Wildman–Crippen MR) is 87.2 cm³/mol. The minimum Gasteiger partial charge on any atom is -0.305 e. The minimum atomic E-state index is 0.768. The largest absolute Gasteiger partial charge is 0.305 e. The molecule has 0 saturated heterocycles. The highest BCUT2D eigenvalue weighted by atomic mass is 32.1. The lowest BCUT2D eigenvalue weighted by molar-refractivity contribution is 0.248. The smallest absolute Gasteiger partial charge is 0.0534 e. The Balaban J connectivity index is 1.63. The van der Waals surface area contributed by atoms with Crippen LogP contribution >= 0.6 is 11.3 Å². The summed E-state index contributed by atoms with van der Waals surface area (Å²) in [4.78, 5) is 6.30. The van der Waals surface area contributed by atoms with Gasteiger partial charge in [0.1, 0.15) is 0 Å². The van der Waals surface area contributed by atoms with Crippen LogP contribution in [-0.2, 0) is 26.7 Å². The Kier molecular flexibility index (Phi) is 4.42. The van der Waals surface area contributed by atoms with Gasteiger partial charge in [0.2, 0.25) is 0 Å². The van der Waals surface area contributed by atoms with Crippen molar-refractivity contribution in [1.29, 1.82) is 0 Å². The van der Waals surface area contributed by atoms with Gasteiger partial charge in [0.15, 0.2) is 0 Å². The zero-order chi connectivity index (χ0) is 14.8. The quantitative estimate of drug-likeness (QED) is 0.786. The van der Waals surface area contributed by atoms with E-state index in [9.17, 15) is 0 Å². The summed E-state index contributed by atoms with van der Waals surface area (Å²) in [6.45, 7) is 3.11. The number of rotatable bonds is 7. The molecule has 1 fully saturated rings. The van der Waals surface area contributed by atoms with E-state index >= 15 is 0 Å². The number of aryl methyl sites for hydroxylation is 1. The van der Waals surface area contributed by atoms with Gasteiger partial charge in [-0.1, -0.05) is 0 Å². The lowest BCUT2D eigenvalue weighted by Gasteiger charge is -2.20. The van der Waals surface area contributed by atoms with E-state index in [1.807, 2.05) is 29.3 Å². The van der Waals surface area contributed by atoms with Crippen LogP contribution in [0.1, 0.15) is 28.8 Å². The number of thiophene rings is 1. The fourth-order valence-corrected chi connectivity index (χ4v) is 3.60. The Hall–Kier alpha value is -1.17. The molecule has 1 saturated carbocycles. The summed E-state index contributed by atoms with van der Waals surface area (Å²) in [6, 6.07) is 3.13. The van der Waals surface area contributed by atoms with E-state index in [4.69, 9.17) is 0 Å². The average molecular weight is 304 g/mol. The first kappa shape index (κ1) is 14.8. The van der Waals surface area contributed by atoms with Crippen molar-refractivity contribution in [2.45, 2.75) is 38.5 Å². The van der Waals surface area contributed by atoms with Gasteiger partial charge >= 0.3 is 0 Å². The third-order valence-electron chi connectivity index (χ3n) is 3.77. The maximum Gasteiger partial charge on any atom is 0.0534 e. The summed E-state index contributed by atoms with van der Waals surface area (Å²) in [5, 5.41) is 6.58. The molecule has 2 aromatic rings. The van der Waals surface area contributed by atoms with Crippen LogP contribution in [0.2, 0.25) is 0 Å². The van der Waals surface area contributed by atoms with Gasteiger partial charge < -0.3 is 4.90 Å². The summed E-state index contributed by atoms with van der Waals surface area (Å²) >= 11 is 1.89. The van der Waals surface area contributed by atoms with Crippen molar-refractivity contribution in [3.8, 4) is 0 Å². The molecule has 0 unspecified atom stereocenters. The van der Waals surface area contributed by atoms with Gasteiger partial charge in [0.05, 0.1) is 6.20 Å². The molecule has 0 bridgehead atoms.